The maximum atomic E-state index is 12.8. The van der Waals surface area contributed by atoms with Gasteiger partial charge in [0.25, 0.3) is 0 Å². The van der Waals surface area contributed by atoms with E-state index in [0.29, 0.717) is 32.5 Å². The average molecular weight is 444 g/mol. The molecule has 1 aliphatic rings. The zero-order valence-corrected chi connectivity index (χ0v) is 18.6. The lowest BCUT2D eigenvalue weighted by Crippen LogP contribution is -2.56. The molecule has 1 fully saturated rings. The van der Waals surface area contributed by atoms with E-state index in [9.17, 15) is 9.59 Å². The summed E-state index contributed by atoms with van der Waals surface area (Å²) in [5, 5.41) is 6.17. The van der Waals surface area contributed by atoms with Crippen LogP contribution in [0.2, 0.25) is 0 Å². The number of hydrogen-bond acceptors (Lipinski definition) is 3. The molecule has 3 aromatic rings. The summed E-state index contributed by atoms with van der Waals surface area (Å²) in [4.78, 5) is 27.1. The molecule has 0 aliphatic carbocycles. The third-order valence-corrected chi connectivity index (χ3v) is 6.06. The predicted molar refractivity (Wildman–Crippen MR) is 127 cm³/mol. The van der Waals surface area contributed by atoms with E-state index in [1.807, 2.05) is 91.0 Å². The number of nitrogens with zero attached hydrogens (tertiary/aromatic N) is 1. The number of carbonyl (C=O) groups excluding carboxylic acids is 2. The van der Waals surface area contributed by atoms with Crippen molar-refractivity contribution in [2.45, 2.75) is 31.5 Å². The van der Waals surface area contributed by atoms with Crippen molar-refractivity contribution in [2.75, 3.05) is 13.1 Å². The van der Waals surface area contributed by atoms with Crippen molar-refractivity contribution in [1.29, 1.82) is 0 Å². The van der Waals surface area contributed by atoms with Gasteiger partial charge >= 0.3 is 12.1 Å². The van der Waals surface area contributed by atoms with E-state index in [4.69, 9.17) is 4.74 Å². The second-order valence-corrected chi connectivity index (χ2v) is 8.27. The Bertz CT molecular complexity index is 1030. The molecule has 0 spiro atoms. The molecule has 1 aliphatic heterocycles. The molecule has 0 atom stereocenters. The van der Waals surface area contributed by atoms with Gasteiger partial charge in [-0.25, -0.2) is 9.59 Å². The maximum Gasteiger partial charge on any atom is 0.410 e. The van der Waals surface area contributed by atoms with Crippen molar-refractivity contribution in [1.82, 2.24) is 15.5 Å². The van der Waals surface area contributed by atoms with E-state index >= 15 is 0 Å². The molecule has 0 unspecified atom stereocenters. The standard InChI is InChI=1S/C27H29N3O3/c31-25(28-20-22-10-4-1-5-11-22)29-27(24-14-8-3-9-15-24)16-18-30(19-17-27)26(32)33-21-23-12-6-2-7-13-23/h1-15H,16-21H2,(H2,28,29,31). The van der Waals surface area contributed by atoms with Crippen molar-refractivity contribution in [3.05, 3.63) is 108 Å². The van der Waals surface area contributed by atoms with E-state index in [1.54, 1.807) is 4.90 Å². The van der Waals surface area contributed by atoms with E-state index in [0.717, 1.165) is 16.7 Å². The summed E-state index contributed by atoms with van der Waals surface area (Å²) in [6, 6.07) is 29.2. The molecule has 33 heavy (non-hydrogen) atoms. The maximum absolute atomic E-state index is 12.8. The summed E-state index contributed by atoms with van der Waals surface area (Å²) in [7, 11) is 0. The summed E-state index contributed by atoms with van der Waals surface area (Å²) in [5.74, 6) is 0. The van der Waals surface area contributed by atoms with Crippen LogP contribution in [-0.4, -0.2) is 30.1 Å². The molecule has 6 nitrogen and oxygen atoms in total. The van der Waals surface area contributed by atoms with Crippen LogP contribution in [0.5, 0.6) is 0 Å². The van der Waals surface area contributed by atoms with Crippen molar-refractivity contribution in [2.24, 2.45) is 0 Å². The number of nitrogens with one attached hydrogen (secondary N) is 2. The summed E-state index contributed by atoms with van der Waals surface area (Å²) < 4.78 is 5.50. The molecule has 3 amide bonds. The summed E-state index contributed by atoms with van der Waals surface area (Å²) >= 11 is 0. The molecule has 1 saturated heterocycles. The van der Waals surface area contributed by atoms with Gasteiger partial charge in [-0.15, -0.1) is 0 Å². The van der Waals surface area contributed by atoms with Crippen LogP contribution in [0.25, 0.3) is 0 Å². The predicted octanol–water partition coefficient (Wildman–Crippen LogP) is 4.81. The molecule has 0 bridgehead atoms. The van der Waals surface area contributed by atoms with E-state index < -0.39 is 5.54 Å². The van der Waals surface area contributed by atoms with Gasteiger partial charge in [0.05, 0.1) is 5.54 Å². The molecule has 1 heterocycles. The van der Waals surface area contributed by atoms with Gasteiger partial charge < -0.3 is 20.3 Å². The lowest BCUT2D eigenvalue weighted by atomic mass is 9.81. The number of ether oxygens (including phenoxy) is 1. The van der Waals surface area contributed by atoms with E-state index in [-0.39, 0.29) is 18.7 Å². The largest absolute Gasteiger partial charge is 0.445 e. The Morgan fingerprint density at radius 2 is 1.33 bits per heavy atom. The number of urea groups is 1. The van der Waals surface area contributed by atoms with Gasteiger partial charge in [-0.05, 0) is 29.5 Å². The molecule has 0 radical (unpaired) electrons. The highest BCUT2D eigenvalue weighted by Crippen LogP contribution is 2.33. The SMILES string of the molecule is O=C(NCc1ccccc1)NC1(c2ccccc2)CCN(C(=O)OCc2ccccc2)CC1. The molecule has 0 aromatic heterocycles. The van der Waals surface area contributed by atoms with Crippen molar-refractivity contribution < 1.29 is 14.3 Å². The molecular weight excluding hydrogens is 414 g/mol. The van der Waals surface area contributed by atoms with Crippen LogP contribution in [-0.2, 0) is 23.4 Å². The topological polar surface area (TPSA) is 70.7 Å². The Kier molecular flexibility index (Phi) is 7.25. The molecule has 0 saturated carbocycles. The van der Waals surface area contributed by atoms with Crippen LogP contribution >= 0.6 is 0 Å². The zero-order chi connectivity index (χ0) is 22.9. The minimum absolute atomic E-state index is 0.220. The highest BCUT2D eigenvalue weighted by atomic mass is 16.6. The van der Waals surface area contributed by atoms with Crippen LogP contribution in [0.1, 0.15) is 29.5 Å². The van der Waals surface area contributed by atoms with Gasteiger partial charge in [-0.3, -0.25) is 0 Å². The van der Waals surface area contributed by atoms with Gasteiger partial charge in [-0.2, -0.15) is 0 Å². The number of hydrogen-bond donors (Lipinski definition) is 2. The number of likely N-dealkylation sites (tertiary alicyclic amines) is 1. The van der Waals surface area contributed by atoms with Gasteiger partial charge in [0.15, 0.2) is 0 Å². The molecular formula is C27H29N3O3. The first-order valence-electron chi connectivity index (χ1n) is 11.3. The number of benzene rings is 3. The molecule has 4 rings (SSSR count). The van der Waals surface area contributed by atoms with E-state index in [2.05, 4.69) is 10.6 Å². The number of carbonyl (C=O) groups is 2. The van der Waals surface area contributed by atoms with Crippen molar-refractivity contribution in [3.8, 4) is 0 Å². The number of amides is 3. The zero-order valence-electron chi connectivity index (χ0n) is 18.6. The second-order valence-electron chi connectivity index (χ2n) is 8.27. The lowest BCUT2D eigenvalue weighted by molar-refractivity contribution is 0.0734. The Morgan fingerprint density at radius 3 is 1.94 bits per heavy atom. The first-order chi connectivity index (χ1) is 16.1. The first kappa shape index (κ1) is 22.4. The van der Waals surface area contributed by atoms with Crippen LogP contribution in [0.15, 0.2) is 91.0 Å². The normalized spacial score (nSPS) is 14.8. The Morgan fingerprint density at radius 1 is 0.788 bits per heavy atom. The molecule has 170 valence electrons. The Labute approximate surface area is 194 Å². The second kappa shape index (κ2) is 10.7. The molecule has 3 aromatic carbocycles. The summed E-state index contributed by atoms with van der Waals surface area (Å²) in [6.07, 6.45) is 0.890. The van der Waals surface area contributed by atoms with Crippen LogP contribution in [0.3, 0.4) is 0 Å². The van der Waals surface area contributed by atoms with Gasteiger partial charge in [0.2, 0.25) is 0 Å². The van der Waals surface area contributed by atoms with Crippen LogP contribution < -0.4 is 10.6 Å². The Balaban J connectivity index is 1.37. The minimum Gasteiger partial charge on any atom is -0.445 e. The first-order valence-corrected chi connectivity index (χ1v) is 11.3. The van der Waals surface area contributed by atoms with Gasteiger partial charge in [0, 0.05) is 19.6 Å². The smallest absolute Gasteiger partial charge is 0.410 e. The summed E-state index contributed by atoms with van der Waals surface area (Å²) in [6.45, 7) is 1.71. The lowest BCUT2D eigenvalue weighted by Gasteiger charge is -2.42. The highest BCUT2D eigenvalue weighted by molar-refractivity contribution is 5.75. The minimum atomic E-state index is -0.543. The number of piperidine rings is 1. The van der Waals surface area contributed by atoms with Crippen LogP contribution in [0, 0.1) is 0 Å². The molecule has 2 N–H and O–H groups in total. The van der Waals surface area contributed by atoms with Crippen molar-refractivity contribution >= 4 is 12.1 Å². The van der Waals surface area contributed by atoms with Crippen molar-refractivity contribution in [3.63, 3.8) is 0 Å². The monoisotopic (exact) mass is 443 g/mol. The fourth-order valence-electron chi connectivity index (χ4n) is 4.16. The third-order valence-electron chi connectivity index (χ3n) is 6.06. The fraction of sp³-hybridized carbons (Fsp3) is 0.259. The number of rotatable bonds is 6. The highest BCUT2D eigenvalue weighted by Gasteiger charge is 2.39. The summed E-state index contributed by atoms with van der Waals surface area (Å²) in [5.41, 5.74) is 2.49. The third kappa shape index (κ3) is 5.92. The fourth-order valence-corrected chi connectivity index (χ4v) is 4.16. The quantitative estimate of drug-likeness (QED) is 0.574. The van der Waals surface area contributed by atoms with Gasteiger partial charge in [0.1, 0.15) is 6.61 Å². The van der Waals surface area contributed by atoms with Gasteiger partial charge in [-0.1, -0.05) is 91.0 Å². The molecule has 6 heteroatoms. The Hall–Kier alpha value is -3.80. The average Bonchev–Trinajstić information content (AvgIpc) is 2.88. The van der Waals surface area contributed by atoms with Crippen LogP contribution in [0.4, 0.5) is 9.59 Å². The van der Waals surface area contributed by atoms with E-state index in [1.165, 1.54) is 0 Å².